The molecule has 0 aliphatic rings. The maximum atomic E-state index is 13.3. The summed E-state index contributed by atoms with van der Waals surface area (Å²) in [4.78, 5) is 11.6. The molecule has 0 aromatic heterocycles. The highest BCUT2D eigenvalue weighted by Crippen LogP contribution is 2.16. The van der Waals surface area contributed by atoms with E-state index < -0.39 is 17.8 Å². The van der Waals surface area contributed by atoms with Crippen LogP contribution in [0.2, 0.25) is 0 Å². The number of rotatable bonds is 7. The van der Waals surface area contributed by atoms with Gasteiger partial charge in [-0.05, 0) is 36.2 Å². The number of aliphatic hydroxyl groups excluding tert-OH is 1. The number of amides is 1. The van der Waals surface area contributed by atoms with E-state index in [1.54, 1.807) is 6.07 Å². The Hall–Kier alpha value is -2.47. The molecule has 0 saturated carbocycles. The molecule has 0 heterocycles. The van der Waals surface area contributed by atoms with Gasteiger partial charge >= 0.3 is 0 Å². The highest BCUT2D eigenvalue weighted by atomic mass is 19.1. The molecular formula is C17H17F2NO3. The summed E-state index contributed by atoms with van der Waals surface area (Å²) in [6, 6.07) is 11.3. The third-order valence-electron chi connectivity index (χ3n) is 3.19. The molecule has 0 fully saturated rings. The number of nitrogens with one attached hydrogen (secondary N) is 1. The van der Waals surface area contributed by atoms with Crippen molar-refractivity contribution in [2.24, 2.45) is 0 Å². The van der Waals surface area contributed by atoms with Crippen molar-refractivity contribution < 1.29 is 23.4 Å². The molecule has 6 heteroatoms. The van der Waals surface area contributed by atoms with Crippen molar-refractivity contribution in [3.8, 4) is 5.75 Å². The Morgan fingerprint density at radius 1 is 1.13 bits per heavy atom. The first kappa shape index (κ1) is 16.9. The molecule has 0 saturated heterocycles. The molecule has 4 nitrogen and oxygen atoms in total. The molecule has 0 aliphatic carbocycles. The van der Waals surface area contributed by atoms with Gasteiger partial charge in [0.1, 0.15) is 5.82 Å². The van der Waals surface area contributed by atoms with E-state index in [1.807, 2.05) is 0 Å². The third kappa shape index (κ3) is 5.34. The summed E-state index contributed by atoms with van der Waals surface area (Å²) in [5.74, 6) is -1.32. The average molecular weight is 321 g/mol. The van der Waals surface area contributed by atoms with Crippen LogP contribution in [0.4, 0.5) is 8.78 Å². The van der Waals surface area contributed by atoms with Gasteiger partial charge in [0.2, 0.25) is 0 Å². The molecule has 122 valence electrons. The van der Waals surface area contributed by atoms with E-state index in [0.29, 0.717) is 5.56 Å². The summed E-state index contributed by atoms with van der Waals surface area (Å²) in [5.41, 5.74) is 0.572. The van der Waals surface area contributed by atoms with E-state index in [4.69, 9.17) is 4.74 Å². The van der Waals surface area contributed by atoms with Gasteiger partial charge < -0.3 is 15.2 Å². The van der Waals surface area contributed by atoms with Crippen LogP contribution in [-0.4, -0.2) is 24.2 Å². The van der Waals surface area contributed by atoms with Gasteiger partial charge in [-0.15, -0.1) is 0 Å². The summed E-state index contributed by atoms with van der Waals surface area (Å²) >= 11 is 0. The Labute approximate surface area is 132 Å². The number of halogens is 2. The van der Waals surface area contributed by atoms with E-state index in [2.05, 4.69) is 5.32 Å². The Kier molecular flexibility index (Phi) is 6.05. The molecule has 0 aliphatic heterocycles. The van der Waals surface area contributed by atoms with Gasteiger partial charge in [0.05, 0.1) is 6.10 Å². The minimum Gasteiger partial charge on any atom is -0.481 e. The van der Waals surface area contributed by atoms with Crippen LogP contribution in [-0.2, 0) is 4.79 Å². The van der Waals surface area contributed by atoms with Gasteiger partial charge in [-0.2, -0.15) is 0 Å². The van der Waals surface area contributed by atoms with E-state index in [-0.39, 0.29) is 31.1 Å². The Bertz CT molecular complexity index is 647. The van der Waals surface area contributed by atoms with Crippen LogP contribution in [0.3, 0.4) is 0 Å². The molecule has 1 unspecified atom stereocenters. The second kappa shape index (κ2) is 8.24. The number of carbonyl (C=O) groups is 1. The van der Waals surface area contributed by atoms with Crippen LogP contribution in [0.5, 0.6) is 5.75 Å². The fourth-order valence-electron chi connectivity index (χ4n) is 1.96. The van der Waals surface area contributed by atoms with Crippen molar-refractivity contribution in [2.45, 2.75) is 12.5 Å². The zero-order valence-electron chi connectivity index (χ0n) is 12.3. The lowest BCUT2D eigenvalue weighted by molar-refractivity contribution is -0.123. The van der Waals surface area contributed by atoms with E-state index in [9.17, 15) is 18.7 Å². The number of ether oxygens (including phenoxy) is 1. The molecule has 2 N–H and O–H groups in total. The van der Waals surface area contributed by atoms with Crippen LogP contribution < -0.4 is 10.1 Å². The van der Waals surface area contributed by atoms with Gasteiger partial charge in [-0.1, -0.05) is 24.3 Å². The first-order valence-corrected chi connectivity index (χ1v) is 7.14. The highest BCUT2D eigenvalue weighted by molar-refractivity contribution is 5.77. The zero-order chi connectivity index (χ0) is 16.7. The molecule has 2 rings (SSSR count). The molecular weight excluding hydrogens is 304 g/mol. The Morgan fingerprint density at radius 3 is 2.52 bits per heavy atom. The van der Waals surface area contributed by atoms with E-state index in [1.165, 1.54) is 42.5 Å². The number of hydrogen-bond donors (Lipinski definition) is 2. The normalized spacial score (nSPS) is 11.8. The molecule has 0 bridgehead atoms. The number of para-hydroxylation sites is 1. The van der Waals surface area contributed by atoms with Gasteiger partial charge in [0.15, 0.2) is 18.2 Å². The van der Waals surface area contributed by atoms with Crippen LogP contribution >= 0.6 is 0 Å². The number of hydrogen-bond acceptors (Lipinski definition) is 3. The summed E-state index contributed by atoms with van der Waals surface area (Å²) in [6.07, 6.45) is -0.528. The molecule has 2 aromatic rings. The van der Waals surface area contributed by atoms with Crippen LogP contribution in [0, 0.1) is 11.6 Å². The lowest BCUT2D eigenvalue weighted by Gasteiger charge is -2.12. The maximum absolute atomic E-state index is 13.3. The molecule has 1 amide bonds. The monoisotopic (exact) mass is 321 g/mol. The largest absolute Gasteiger partial charge is 0.481 e. The topological polar surface area (TPSA) is 58.6 Å². The molecule has 0 spiro atoms. The minimum atomic E-state index is -0.802. The summed E-state index contributed by atoms with van der Waals surface area (Å²) in [7, 11) is 0. The zero-order valence-corrected chi connectivity index (χ0v) is 12.3. The predicted octanol–water partition coefficient (Wildman–Crippen LogP) is 2.58. The average Bonchev–Trinajstić information content (AvgIpc) is 2.54. The first-order valence-electron chi connectivity index (χ1n) is 7.14. The second-order valence-electron chi connectivity index (χ2n) is 4.93. The van der Waals surface area contributed by atoms with Crippen molar-refractivity contribution in [2.75, 3.05) is 13.2 Å². The van der Waals surface area contributed by atoms with Crippen LogP contribution in [0.1, 0.15) is 18.1 Å². The number of benzene rings is 2. The van der Waals surface area contributed by atoms with E-state index in [0.717, 1.165) is 0 Å². The first-order chi connectivity index (χ1) is 11.1. The molecule has 0 radical (unpaired) electrons. The fourth-order valence-corrected chi connectivity index (χ4v) is 1.96. The number of carbonyl (C=O) groups excluding carboxylic acids is 1. The molecule has 2 aromatic carbocycles. The number of aliphatic hydroxyl groups is 1. The minimum absolute atomic E-state index is 0.00833. The molecule has 23 heavy (non-hydrogen) atoms. The lowest BCUT2D eigenvalue weighted by atomic mass is 10.1. The van der Waals surface area contributed by atoms with Crippen LogP contribution in [0.25, 0.3) is 0 Å². The predicted molar refractivity (Wildman–Crippen MR) is 80.9 cm³/mol. The second-order valence-corrected chi connectivity index (χ2v) is 4.93. The van der Waals surface area contributed by atoms with Gasteiger partial charge in [-0.25, -0.2) is 8.78 Å². The maximum Gasteiger partial charge on any atom is 0.257 e. The van der Waals surface area contributed by atoms with Crippen molar-refractivity contribution in [3.63, 3.8) is 0 Å². The van der Waals surface area contributed by atoms with Gasteiger partial charge in [-0.3, -0.25) is 4.79 Å². The third-order valence-corrected chi connectivity index (χ3v) is 3.19. The molecule has 1 atom stereocenters. The quantitative estimate of drug-likeness (QED) is 0.824. The van der Waals surface area contributed by atoms with Gasteiger partial charge in [0, 0.05) is 6.54 Å². The Balaban J connectivity index is 1.70. The fraction of sp³-hybridized carbons (Fsp3) is 0.235. The summed E-state index contributed by atoms with van der Waals surface area (Å²) < 4.78 is 31.1. The Morgan fingerprint density at radius 2 is 1.83 bits per heavy atom. The van der Waals surface area contributed by atoms with Crippen molar-refractivity contribution >= 4 is 5.91 Å². The van der Waals surface area contributed by atoms with Crippen molar-refractivity contribution in [1.82, 2.24) is 5.32 Å². The standard InChI is InChI=1S/C17H17F2NO3/c18-13-7-5-12(6-8-13)15(21)9-10-20-17(22)11-23-16-4-2-1-3-14(16)19/h1-8,15,21H,9-11H2,(H,20,22). The SMILES string of the molecule is O=C(COc1ccccc1F)NCCC(O)c1ccc(F)cc1. The van der Waals surface area contributed by atoms with E-state index >= 15 is 0 Å². The lowest BCUT2D eigenvalue weighted by Crippen LogP contribution is -2.30. The smallest absolute Gasteiger partial charge is 0.257 e. The van der Waals surface area contributed by atoms with Crippen molar-refractivity contribution in [3.05, 3.63) is 65.7 Å². The van der Waals surface area contributed by atoms with Crippen molar-refractivity contribution in [1.29, 1.82) is 0 Å². The summed E-state index contributed by atoms with van der Waals surface area (Å²) in [6.45, 7) is -0.0917. The van der Waals surface area contributed by atoms with Gasteiger partial charge in [0.25, 0.3) is 5.91 Å². The summed E-state index contributed by atoms with van der Waals surface area (Å²) in [5, 5.41) is 12.5. The van der Waals surface area contributed by atoms with Crippen LogP contribution in [0.15, 0.2) is 48.5 Å². The highest BCUT2D eigenvalue weighted by Gasteiger charge is 2.09.